The summed E-state index contributed by atoms with van der Waals surface area (Å²) in [6, 6.07) is 0. The van der Waals surface area contributed by atoms with Gasteiger partial charge in [0.1, 0.15) is 4.88 Å². The molecule has 0 fully saturated rings. The van der Waals surface area contributed by atoms with E-state index in [4.69, 9.17) is 0 Å². The second-order valence-electron chi connectivity index (χ2n) is 3.93. The first-order valence-corrected chi connectivity index (χ1v) is 6.55. The van der Waals surface area contributed by atoms with Crippen LogP contribution in [0, 0.1) is 0 Å². The van der Waals surface area contributed by atoms with Gasteiger partial charge in [0.2, 0.25) is 0 Å². The molecule has 0 unspecified atom stereocenters. The maximum absolute atomic E-state index is 11.9. The van der Waals surface area contributed by atoms with Crippen LogP contribution in [0.5, 0.6) is 0 Å². The molecule has 0 aliphatic heterocycles. The first-order chi connectivity index (χ1) is 8.70. The Morgan fingerprint density at radius 2 is 2.39 bits per heavy atom. The lowest BCUT2D eigenvalue weighted by molar-refractivity contribution is 0.0957. The maximum atomic E-state index is 11.9. The highest BCUT2D eigenvalue weighted by molar-refractivity contribution is 7.08. The van der Waals surface area contributed by atoms with E-state index in [0.717, 1.165) is 35.6 Å². The van der Waals surface area contributed by atoms with E-state index in [1.165, 1.54) is 0 Å². The lowest BCUT2D eigenvalue weighted by Gasteiger charge is -2.02. The van der Waals surface area contributed by atoms with Gasteiger partial charge in [-0.05, 0) is 29.9 Å². The SMILES string of the molecule is CCc1nnsc1C(=O)NCCc1cnn(C)c1. The highest BCUT2D eigenvalue weighted by Crippen LogP contribution is 2.10. The van der Waals surface area contributed by atoms with Gasteiger partial charge in [-0.2, -0.15) is 5.10 Å². The molecule has 2 aromatic rings. The summed E-state index contributed by atoms with van der Waals surface area (Å²) in [6.45, 7) is 2.55. The van der Waals surface area contributed by atoms with Crippen LogP contribution in [0.3, 0.4) is 0 Å². The van der Waals surface area contributed by atoms with Crippen LogP contribution in [0.25, 0.3) is 0 Å². The maximum Gasteiger partial charge on any atom is 0.264 e. The molecular formula is C11H15N5OS. The van der Waals surface area contributed by atoms with Crippen LogP contribution in [-0.2, 0) is 19.9 Å². The van der Waals surface area contributed by atoms with Crippen molar-refractivity contribution in [3.63, 3.8) is 0 Å². The molecule has 0 saturated carbocycles. The molecular weight excluding hydrogens is 250 g/mol. The Labute approximate surface area is 109 Å². The van der Waals surface area contributed by atoms with Crippen LogP contribution in [0.1, 0.15) is 27.9 Å². The van der Waals surface area contributed by atoms with E-state index in [0.29, 0.717) is 11.4 Å². The number of hydrogen-bond donors (Lipinski definition) is 1. The van der Waals surface area contributed by atoms with E-state index in [9.17, 15) is 4.79 Å². The lowest BCUT2D eigenvalue weighted by atomic mass is 10.2. The topological polar surface area (TPSA) is 72.7 Å². The average Bonchev–Trinajstić information content (AvgIpc) is 2.97. The number of carbonyl (C=O) groups is 1. The molecule has 0 atom stereocenters. The zero-order valence-electron chi connectivity index (χ0n) is 10.4. The minimum atomic E-state index is -0.0919. The molecule has 6 nitrogen and oxygen atoms in total. The van der Waals surface area contributed by atoms with E-state index in [-0.39, 0.29) is 5.91 Å². The molecule has 2 aromatic heterocycles. The monoisotopic (exact) mass is 265 g/mol. The molecule has 18 heavy (non-hydrogen) atoms. The fourth-order valence-electron chi connectivity index (χ4n) is 1.61. The molecule has 0 aliphatic rings. The van der Waals surface area contributed by atoms with Crippen LogP contribution in [0.4, 0.5) is 0 Å². The quantitative estimate of drug-likeness (QED) is 0.868. The van der Waals surface area contributed by atoms with Gasteiger partial charge < -0.3 is 5.32 Å². The number of aryl methyl sites for hydroxylation is 2. The first-order valence-electron chi connectivity index (χ1n) is 5.77. The van der Waals surface area contributed by atoms with Crippen molar-refractivity contribution < 1.29 is 4.79 Å². The van der Waals surface area contributed by atoms with Gasteiger partial charge in [0, 0.05) is 19.8 Å². The smallest absolute Gasteiger partial charge is 0.264 e. The van der Waals surface area contributed by atoms with Gasteiger partial charge in [-0.1, -0.05) is 11.4 Å². The molecule has 7 heteroatoms. The highest BCUT2D eigenvalue weighted by atomic mass is 32.1. The summed E-state index contributed by atoms with van der Waals surface area (Å²) in [5, 5.41) is 10.9. The molecule has 0 bridgehead atoms. The first kappa shape index (κ1) is 12.7. The number of nitrogens with zero attached hydrogens (tertiary/aromatic N) is 4. The molecule has 0 aliphatic carbocycles. The van der Waals surface area contributed by atoms with Gasteiger partial charge in [0.15, 0.2) is 0 Å². The van der Waals surface area contributed by atoms with Crippen molar-refractivity contribution in [2.24, 2.45) is 7.05 Å². The van der Waals surface area contributed by atoms with Crippen LogP contribution in [-0.4, -0.2) is 31.8 Å². The molecule has 2 heterocycles. The van der Waals surface area contributed by atoms with E-state index in [2.05, 4.69) is 20.0 Å². The predicted octanol–water partition coefficient (Wildman–Crippen LogP) is 0.806. The number of amides is 1. The fraction of sp³-hybridized carbons (Fsp3) is 0.455. The zero-order chi connectivity index (χ0) is 13.0. The summed E-state index contributed by atoms with van der Waals surface area (Å²) in [6.07, 6.45) is 5.24. The van der Waals surface area contributed by atoms with Crippen LogP contribution in [0.15, 0.2) is 12.4 Å². The Bertz CT molecular complexity index is 533. The number of hydrogen-bond acceptors (Lipinski definition) is 5. The van der Waals surface area contributed by atoms with Crippen LogP contribution in [0.2, 0.25) is 0 Å². The number of nitrogens with one attached hydrogen (secondary N) is 1. The van der Waals surface area contributed by atoms with E-state index in [1.54, 1.807) is 10.9 Å². The number of carbonyl (C=O) groups excluding carboxylic acids is 1. The summed E-state index contributed by atoms with van der Waals surface area (Å²) in [4.78, 5) is 12.5. The Hall–Kier alpha value is -1.76. The standard InChI is InChI=1S/C11H15N5OS/c1-3-9-10(18-15-14-9)11(17)12-5-4-8-6-13-16(2)7-8/h6-7H,3-5H2,1-2H3,(H,12,17). The van der Waals surface area contributed by atoms with Crippen molar-refractivity contribution in [2.45, 2.75) is 19.8 Å². The molecule has 1 N–H and O–H groups in total. The van der Waals surface area contributed by atoms with E-state index >= 15 is 0 Å². The molecule has 0 aromatic carbocycles. The van der Waals surface area contributed by atoms with Crippen molar-refractivity contribution in [3.8, 4) is 0 Å². The van der Waals surface area contributed by atoms with E-state index < -0.39 is 0 Å². The summed E-state index contributed by atoms with van der Waals surface area (Å²) in [5.41, 5.74) is 1.87. The van der Waals surface area contributed by atoms with Gasteiger partial charge in [-0.15, -0.1) is 5.10 Å². The van der Waals surface area contributed by atoms with Gasteiger partial charge in [-0.3, -0.25) is 9.48 Å². The largest absolute Gasteiger partial charge is 0.351 e. The zero-order valence-corrected chi connectivity index (χ0v) is 11.2. The average molecular weight is 265 g/mol. The molecule has 0 saturated heterocycles. The highest BCUT2D eigenvalue weighted by Gasteiger charge is 2.14. The summed E-state index contributed by atoms with van der Waals surface area (Å²) in [7, 11) is 1.87. The van der Waals surface area contributed by atoms with Gasteiger partial charge in [0.25, 0.3) is 5.91 Å². The third kappa shape index (κ3) is 2.92. The minimum absolute atomic E-state index is 0.0919. The van der Waals surface area contributed by atoms with Crippen molar-refractivity contribution in [3.05, 3.63) is 28.5 Å². The van der Waals surface area contributed by atoms with Crippen molar-refractivity contribution in [1.82, 2.24) is 24.7 Å². The summed E-state index contributed by atoms with van der Waals surface area (Å²) >= 11 is 1.14. The molecule has 2 rings (SSSR count). The van der Waals surface area contributed by atoms with Crippen molar-refractivity contribution in [2.75, 3.05) is 6.54 Å². The molecule has 96 valence electrons. The lowest BCUT2D eigenvalue weighted by Crippen LogP contribution is -2.25. The second-order valence-corrected chi connectivity index (χ2v) is 4.68. The third-order valence-corrected chi connectivity index (χ3v) is 3.32. The molecule has 1 amide bonds. The Kier molecular flexibility index (Phi) is 4.03. The van der Waals surface area contributed by atoms with Crippen molar-refractivity contribution >= 4 is 17.4 Å². The van der Waals surface area contributed by atoms with Crippen LogP contribution >= 0.6 is 11.5 Å². The fourth-order valence-corrected chi connectivity index (χ4v) is 2.28. The van der Waals surface area contributed by atoms with E-state index in [1.807, 2.05) is 20.2 Å². The minimum Gasteiger partial charge on any atom is -0.351 e. The van der Waals surface area contributed by atoms with Crippen LogP contribution < -0.4 is 5.32 Å². The van der Waals surface area contributed by atoms with Gasteiger partial charge in [-0.25, -0.2) is 0 Å². The Morgan fingerprint density at radius 1 is 1.56 bits per heavy atom. The third-order valence-electron chi connectivity index (χ3n) is 2.55. The number of rotatable bonds is 5. The molecule has 0 spiro atoms. The van der Waals surface area contributed by atoms with Gasteiger partial charge >= 0.3 is 0 Å². The Morgan fingerprint density at radius 3 is 3.06 bits per heavy atom. The second kappa shape index (κ2) is 5.72. The number of aromatic nitrogens is 4. The molecule has 0 radical (unpaired) electrons. The Balaban J connectivity index is 1.85. The normalized spacial score (nSPS) is 10.6. The van der Waals surface area contributed by atoms with Crippen molar-refractivity contribution in [1.29, 1.82) is 0 Å². The summed E-state index contributed by atoms with van der Waals surface area (Å²) < 4.78 is 5.55. The van der Waals surface area contributed by atoms with Gasteiger partial charge in [0.05, 0.1) is 11.9 Å². The predicted molar refractivity (Wildman–Crippen MR) is 68.5 cm³/mol. The summed E-state index contributed by atoms with van der Waals surface area (Å²) in [5.74, 6) is -0.0919.